The Morgan fingerprint density at radius 3 is 2.68 bits per heavy atom. The number of fused-ring (bicyclic) bond motifs is 1. The van der Waals surface area contributed by atoms with E-state index in [4.69, 9.17) is 11.6 Å². The van der Waals surface area contributed by atoms with E-state index in [1.165, 1.54) is 24.1 Å². The van der Waals surface area contributed by atoms with Gasteiger partial charge < -0.3 is 4.74 Å². The fraction of sp³-hybridized carbons (Fsp3) is 0.440. The van der Waals surface area contributed by atoms with Gasteiger partial charge in [-0.05, 0) is 74.9 Å². The van der Waals surface area contributed by atoms with E-state index < -0.39 is 18.1 Å². The van der Waals surface area contributed by atoms with E-state index in [9.17, 15) is 22.4 Å². The van der Waals surface area contributed by atoms with Gasteiger partial charge in [-0.3, -0.25) is 19.1 Å². The van der Waals surface area contributed by atoms with Crippen LogP contribution in [-0.2, 0) is 0 Å². The van der Waals surface area contributed by atoms with E-state index in [1.807, 2.05) is 13.8 Å². The topological polar surface area (TPSA) is 59.4 Å². The number of nitrogens with zero attached hydrogens (tertiary/aromatic N) is 3. The van der Waals surface area contributed by atoms with Crippen molar-refractivity contribution in [2.75, 3.05) is 13.1 Å². The third-order valence-corrected chi connectivity index (χ3v) is 8.09. The third kappa shape index (κ3) is 5.83. The van der Waals surface area contributed by atoms with Crippen LogP contribution in [0.1, 0.15) is 59.9 Å². The molecule has 1 saturated carbocycles. The van der Waals surface area contributed by atoms with E-state index in [1.54, 1.807) is 16.8 Å². The molecule has 2 atom stereocenters. The number of benzene rings is 2. The number of nitrogens with one attached hydrogen (secondary N) is 1. The summed E-state index contributed by atoms with van der Waals surface area (Å²) in [5.74, 6) is -1.43. The van der Waals surface area contributed by atoms with E-state index in [2.05, 4.69) is 19.5 Å². The molecular formula is C25H25ClF4N4O2S. The van der Waals surface area contributed by atoms with Gasteiger partial charge in [0.2, 0.25) is 0 Å². The summed E-state index contributed by atoms with van der Waals surface area (Å²) < 4.78 is 61.7. The maximum absolute atomic E-state index is 15.0. The molecule has 2 aromatic carbocycles. The molecule has 198 valence electrons. The zero-order valence-electron chi connectivity index (χ0n) is 20.1. The summed E-state index contributed by atoms with van der Waals surface area (Å²) in [4.78, 5) is 14.6. The summed E-state index contributed by atoms with van der Waals surface area (Å²) in [5.41, 5.74) is 1.88. The number of hydrogen-bond acceptors (Lipinski definition) is 5. The van der Waals surface area contributed by atoms with Gasteiger partial charge in [-0.1, -0.05) is 11.6 Å². The fourth-order valence-electron chi connectivity index (χ4n) is 4.69. The van der Waals surface area contributed by atoms with Crippen molar-refractivity contribution >= 4 is 40.4 Å². The highest BCUT2D eigenvalue weighted by molar-refractivity contribution is 7.98. The second-order valence-electron chi connectivity index (χ2n) is 9.51. The Hall–Kier alpha value is -2.50. The maximum Gasteiger partial charge on any atom is 0.573 e. The van der Waals surface area contributed by atoms with Crippen LogP contribution in [0, 0.1) is 12.7 Å². The molecule has 1 aromatic heterocycles. The summed E-state index contributed by atoms with van der Waals surface area (Å²) >= 11 is 7.40. The van der Waals surface area contributed by atoms with Crippen molar-refractivity contribution in [1.82, 2.24) is 19.4 Å². The summed E-state index contributed by atoms with van der Waals surface area (Å²) in [5, 5.41) is 5.92. The smallest absolute Gasteiger partial charge is 0.406 e. The van der Waals surface area contributed by atoms with E-state index in [-0.39, 0.29) is 28.4 Å². The lowest BCUT2D eigenvalue weighted by atomic mass is 10.1. The lowest BCUT2D eigenvalue weighted by Crippen LogP contribution is -2.25. The Morgan fingerprint density at radius 1 is 1.22 bits per heavy atom. The average molecular weight is 557 g/mol. The Bertz CT molecular complexity index is 1340. The molecule has 1 aliphatic carbocycles. The standard InChI is InChI=1S/C25H25ClF4N4O2S/c1-13-20-10-21(24(35)32-37-19-3-4-19)22(27)11-23(20)34(31-13)17-5-6-33(12-17)14(2)15-7-16(26)9-18(8-15)36-25(28,29)30/h7-11,14,17,19H,3-6,12H2,1-2H3,(H,32,35). The molecule has 1 N–H and O–H groups in total. The van der Waals surface area contributed by atoms with Gasteiger partial charge in [-0.25, -0.2) is 4.39 Å². The van der Waals surface area contributed by atoms with Crippen LogP contribution in [0.4, 0.5) is 17.6 Å². The van der Waals surface area contributed by atoms with Gasteiger partial charge in [0.25, 0.3) is 5.91 Å². The quantitative estimate of drug-likeness (QED) is 0.263. The largest absolute Gasteiger partial charge is 0.573 e. The molecule has 6 nitrogen and oxygen atoms in total. The molecule has 37 heavy (non-hydrogen) atoms. The molecule has 2 unspecified atom stereocenters. The predicted molar refractivity (Wildman–Crippen MR) is 134 cm³/mol. The molecule has 2 heterocycles. The number of aryl methyl sites for hydroxylation is 1. The minimum Gasteiger partial charge on any atom is -0.406 e. The Morgan fingerprint density at radius 2 is 1.97 bits per heavy atom. The first-order valence-electron chi connectivity index (χ1n) is 11.9. The molecule has 5 rings (SSSR count). The fourth-order valence-corrected chi connectivity index (χ4v) is 5.68. The van der Waals surface area contributed by atoms with Crippen molar-refractivity contribution in [2.24, 2.45) is 0 Å². The monoisotopic (exact) mass is 556 g/mol. The number of rotatable bonds is 7. The van der Waals surface area contributed by atoms with Crippen LogP contribution in [0.25, 0.3) is 10.9 Å². The first kappa shape index (κ1) is 26.1. The van der Waals surface area contributed by atoms with Crippen molar-refractivity contribution in [3.05, 3.63) is 58.0 Å². The molecule has 0 bridgehead atoms. The summed E-state index contributed by atoms with van der Waals surface area (Å²) in [6.45, 7) is 4.93. The van der Waals surface area contributed by atoms with Gasteiger partial charge in [-0.2, -0.15) is 5.10 Å². The van der Waals surface area contributed by atoms with Crippen molar-refractivity contribution in [3.8, 4) is 5.75 Å². The van der Waals surface area contributed by atoms with Crippen molar-refractivity contribution in [2.45, 2.75) is 56.8 Å². The molecule has 0 radical (unpaired) electrons. The molecule has 3 aromatic rings. The molecular weight excluding hydrogens is 532 g/mol. The van der Waals surface area contributed by atoms with Crippen molar-refractivity contribution < 1.29 is 27.1 Å². The first-order chi connectivity index (χ1) is 17.5. The number of likely N-dealkylation sites (tertiary alicyclic amines) is 1. The highest BCUT2D eigenvalue weighted by Gasteiger charge is 2.33. The Balaban J connectivity index is 1.34. The SMILES string of the molecule is Cc1nn(C2CCN(C(C)c3cc(Cl)cc(OC(F)(F)F)c3)C2)c2cc(F)c(C(=O)NSC3CC3)cc12. The Kier molecular flexibility index (Phi) is 7.06. The van der Waals surface area contributed by atoms with Gasteiger partial charge in [-0.15, -0.1) is 13.2 Å². The van der Waals surface area contributed by atoms with E-state index in [0.717, 1.165) is 25.3 Å². The number of aromatic nitrogens is 2. The second-order valence-corrected chi connectivity index (χ2v) is 11.1. The number of amides is 1. The van der Waals surface area contributed by atoms with Crippen LogP contribution in [0.15, 0.2) is 30.3 Å². The van der Waals surface area contributed by atoms with Gasteiger partial charge in [0, 0.05) is 40.9 Å². The number of alkyl halides is 3. The summed E-state index contributed by atoms with van der Waals surface area (Å²) in [6.07, 6.45) is -1.99. The summed E-state index contributed by atoms with van der Waals surface area (Å²) in [7, 11) is 0. The first-order valence-corrected chi connectivity index (χ1v) is 13.2. The van der Waals surface area contributed by atoms with Crippen molar-refractivity contribution in [3.63, 3.8) is 0 Å². The number of hydrogen-bond donors (Lipinski definition) is 1. The normalized spacial score (nSPS) is 19.4. The molecule has 1 amide bonds. The molecule has 12 heteroatoms. The molecule has 2 fully saturated rings. The van der Waals surface area contributed by atoms with Crippen LogP contribution < -0.4 is 9.46 Å². The number of carbonyl (C=O) groups excluding carboxylic acids is 1. The van der Waals surface area contributed by atoms with Crippen LogP contribution in [0.5, 0.6) is 5.75 Å². The number of halogens is 5. The molecule has 1 saturated heterocycles. The van der Waals surface area contributed by atoms with Gasteiger partial charge >= 0.3 is 6.36 Å². The van der Waals surface area contributed by atoms with Crippen LogP contribution in [0.2, 0.25) is 5.02 Å². The number of carbonyl (C=O) groups is 1. The number of ether oxygens (including phenoxy) is 1. The van der Waals surface area contributed by atoms with Crippen LogP contribution >= 0.6 is 23.5 Å². The minimum atomic E-state index is -4.81. The Labute approximate surface area is 220 Å². The lowest BCUT2D eigenvalue weighted by molar-refractivity contribution is -0.274. The average Bonchev–Trinajstić information content (AvgIpc) is 3.42. The summed E-state index contributed by atoms with van der Waals surface area (Å²) in [6, 6.07) is 6.69. The van der Waals surface area contributed by atoms with E-state index in [0.29, 0.717) is 40.5 Å². The lowest BCUT2D eigenvalue weighted by Gasteiger charge is -2.25. The predicted octanol–water partition coefficient (Wildman–Crippen LogP) is 6.58. The van der Waals surface area contributed by atoms with Crippen molar-refractivity contribution in [1.29, 1.82) is 0 Å². The van der Waals surface area contributed by atoms with Gasteiger partial charge in [0.05, 0.1) is 22.8 Å². The van der Waals surface area contributed by atoms with Gasteiger partial charge in [0.1, 0.15) is 11.6 Å². The maximum atomic E-state index is 15.0. The highest BCUT2D eigenvalue weighted by atomic mass is 35.5. The zero-order chi connectivity index (χ0) is 26.5. The second kappa shape index (κ2) is 9.99. The third-order valence-electron chi connectivity index (χ3n) is 6.77. The molecule has 0 spiro atoms. The minimum absolute atomic E-state index is 0.0113. The zero-order valence-corrected chi connectivity index (χ0v) is 21.7. The van der Waals surface area contributed by atoms with Crippen LogP contribution in [-0.4, -0.2) is 45.3 Å². The van der Waals surface area contributed by atoms with Crippen LogP contribution in [0.3, 0.4) is 0 Å². The van der Waals surface area contributed by atoms with E-state index >= 15 is 0 Å². The highest BCUT2D eigenvalue weighted by Crippen LogP contribution is 2.36. The molecule has 2 aliphatic rings. The molecule has 1 aliphatic heterocycles. The van der Waals surface area contributed by atoms with Gasteiger partial charge in [0.15, 0.2) is 0 Å².